The van der Waals surface area contributed by atoms with Crippen molar-refractivity contribution in [3.05, 3.63) is 35.9 Å². The molecular weight excluding hydrogens is 208 g/mol. The van der Waals surface area contributed by atoms with E-state index in [2.05, 4.69) is 37.3 Å². The molecule has 17 heavy (non-hydrogen) atoms. The van der Waals surface area contributed by atoms with Gasteiger partial charge < -0.3 is 4.74 Å². The summed E-state index contributed by atoms with van der Waals surface area (Å²) >= 11 is 0. The van der Waals surface area contributed by atoms with Crippen molar-refractivity contribution in [2.45, 2.75) is 58.2 Å². The van der Waals surface area contributed by atoms with Crippen molar-refractivity contribution < 1.29 is 4.74 Å². The topological polar surface area (TPSA) is 9.23 Å². The largest absolute Gasteiger partial charge is 0.373 e. The first kappa shape index (κ1) is 12.6. The highest BCUT2D eigenvalue weighted by atomic mass is 16.5. The molecule has 1 fully saturated rings. The van der Waals surface area contributed by atoms with E-state index in [1.165, 1.54) is 44.1 Å². The predicted octanol–water partition coefficient (Wildman–Crippen LogP) is 4.56. The average molecular weight is 232 g/mol. The second kappa shape index (κ2) is 6.80. The Bertz CT molecular complexity index is 305. The van der Waals surface area contributed by atoms with Crippen LogP contribution in [0, 0.1) is 5.92 Å². The zero-order valence-corrected chi connectivity index (χ0v) is 10.9. The molecule has 0 amide bonds. The Balaban J connectivity index is 1.84. The van der Waals surface area contributed by atoms with Crippen LogP contribution in [0.25, 0.3) is 0 Å². The second-order valence-corrected chi connectivity index (χ2v) is 5.17. The van der Waals surface area contributed by atoms with Gasteiger partial charge in [0.15, 0.2) is 0 Å². The fourth-order valence-electron chi connectivity index (χ4n) is 2.87. The van der Waals surface area contributed by atoms with E-state index >= 15 is 0 Å². The van der Waals surface area contributed by atoms with Gasteiger partial charge in [0, 0.05) is 0 Å². The minimum Gasteiger partial charge on any atom is -0.373 e. The summed E-state index contributed by atoms with van der Waals surface area (Å²) in [4.78, 5) is 0. The molecule has 1 aromatic rings. The zero-order chi connectivity index (χ0) is 11.9. The van der Waals surface area contributed by atoms with Crippen molar-refractivity contribution in [3.63, 3.8) is 0 Å². The summed E-state index contributed by atoms with van der Waals surface area (Å²) in [6.45, 7) is 3.06. The molecule has 2 rings (SSSR count). The molecule has 1 aliphatic carbocycles. The number of rotatable bonds is 5. The van der Waals surface area contributed by atoms with Crippen LogP contribution in [0.2, 0.25) is 0 Å². The van der Waals surface area contributed by atoms with Crippen LogP contribution in [0.5, 0.6) is 0 Å². The summed E-state index contributed by atoms with van der Waals surface area (Å²) in [6.07, 6.45) is 8.50. The van der Waals surface area contributed by atoms with Crippen LogP contribution in [0.3, 0.4) is 0 Å². The van der Waals surface area contributed by atoms with Crippen molar-refractivity contribution >= 4 is 0 Å². The lowest BCUT2D eigenvalue weighted by molar-refractivity contribution is -0.0238. The fraction of sp³-hybridized carbons (Fsp3) is 0.625. The molecule has 0 saturated heterocycles. The van der Waals surface area contributed by atoms with Crippen molar-refractivity contribution in [2.75, 3.05) is 0 Å². The molecule has 1 aliphatic rings. The summed E-state index contributed by atoms with van der Waals surface area (Å²) in [5.41, 5.74) is 1.30. The molecule has 0 radical (unpaired) electrons. The van der Waals surface area contributed by atoms with Gasteiger partial charge >= 0.3 is 0 Å². The van der Waals surface area contributed by atoms with Gasteiger partial charge in [-0.2, -0.15) is 0 Å². The van der Waals surface area contributed by atoms with Crippen molar-refractivity contribution in [2.24, 2.45) is 5.92 Å². The molecule has 0 heterocycles. The van der Waals surface area contributed by atoms with E-state index in [0.717, 1.165) is 12.5 Å². The van der Waals surface area contributed by atoms with Gasteiger partial charge in [-0.15, -0.1) is 0 Å². The van der Waals surface area contributed by atoms with Gasteiger partial charge in [-0.05, 0) is 30.7 Å². The Morgan fingerprint density at radius 1 is 1.12 bits per heavy atom. The summed E-state index contributed by atoms with van der Waals surface area (Å²) in [6, 6.07) is 10.5. The highest BCUT2D eigenvalue weighted by molar-refractivity contribution is 5.13. The maximum Gasteiger partial charge on any atom is 0.0720 e. The molecule has 2 atom stereocenters. The van der Waals surface area contributed by atoms with Crippen LogP contribution in [-0.2, 0) is 11.3 Å². The maximum atomic E-state index is 6.13. The minimum atomic E-state index is 0.504. The van der Waals surface area contributed by atoms with Gasteiger partial charge in [-0.3, -0.25) is 0 Å². The molecule has 0 N–H and O–H groups in total. The molecule has 0 spiro atoms. The molecule has 1 heteroatoms. The van der Waals surface area contributed by atoms with Crippen LogP contribution in [0.15, 0.2) is 30.3 Å². The van der Waals surface area contributed by atoms with Gasteiger partial charge in [-0.25, -0.2) is 0 Å². The lowest BCUT2D eigenvalue weighted by atomic mass is 9.83. The predicted molar refractivity (Wildman–Crippen MR) is 71.9 cm³/mol. The first-order chi connectivity index (χ1) is 8.40. The van der Waals surface area contributed by atoms with Crippen LogP contribution in [-0.4, -0.2) is 6.10 Å². The van der Waals surface area contributed by atoms with E-state index in [0.29, 0.717) is 6.10 Å². The molecule has 0 aromatic heterocycles. The Morgan fingerprint density at radius 2 is 1.88 bits per heavy atom. The lowest BCUT2D eigenvalue weighted by Gasteiger charge is -2.31. The molecule has 1 aromatic carbocycles. The Labute approximate surface area is 105 Å². The molecule has 1 nitrogen and oxygen atoms in total. The van der Waals surface area contributed by atoms with E-state index in [1.807, 2.05) is 0 Å². The van der Waals surface area contributed by atoms with E-state index in [1.54, 1.807) is 0 Å². The van der Waals surface area contributed by atoms with Crippen molar-refractivity contribution in [3.8, 4) is 0 Å². The van der Waals surface area contributed by atoms with E-state index in [9.17, 15) is 0 Å². The number of hydrogen-bond donors (Lipinski definition) is 0. The Kier molecular flexibility index (Phi) is 5.06. The third-order valence-corrected chi connectivity index (χ3v) is 3.81. The van der Waals surface area contributed by atoms with Gasteiger partial charge in [0.2, 0.25) is 0 Å². The highest BCUT2D eigenvalue weighted by Gasteiger charge is 2.24. The molecule has 2 unspecified atom stereocenters. The van der Waals surface area contributed by atoms with Gasteiger partial charge in [0.05, 0.1) is 12.7 Å². The average Bonchev–Trinajstić information content (AvgIpc) is 2.39. The van der Waals surface area contributed by atoms with Crippen molar-refractivity contribution in [1.82, 2.24) is 0 Å². The molecule has 1 saturated carbocycles. The summed E-state index contributed by atoms with van der Waals surface area (Å²) in [5.74, 6) is 0.803. The quantitative estimate of drug-likeness (QED) is 0.723. The Hall–Kier alpha value is -0.820. The first-order valence-corrected chi connectivity index (χ1v) is 7.05. The molecule has 0 aliphatic heterocycles. The lowest BCUT2D eigenvalue weighted by Crippen LogP contribution is -2.27. The summed E-state index contributed by atoms with van der Waals surface area (Å²) in [7, 11) is 0. The van der Waals surface area contributed by atoms with E-state index in [-0.39, 0.29) is 0 Å². The number of hydrogen-bond acceptors (Lipinski definition) is 1. The molecular formula is C16H24O. The highest BCUT2D eigenvalue weighted by Crippen LogP contribution is 2.30. The van der Waals surface area contributed by atoms with E-state index < -0.39 is 0 Å². The first-order valence-electron chi connectivity index (χ1n) is 7.05. The standard InChI is InChI=1S/C16H24O/c1-2-8-15-11-6-7-12-16(15)17-13-14-9-4-3-5-10-14/h3-5,9-10,15-16H,2,6-8,11-13H2,1H3. The van der Waals surface area contributed by atoms with Gasteiger partial charge in [-0.1, -0.05) is 56.5 Å². The SMILES string of the molecule is CCCC1CCCCC1OCc1ccccc1. The summed E-state index contributed by atoms with van der Waals surface area (Å²) in [5, 5.41) is 0. The minimum absolute atomic E-state index is 0.504. The van der Waals surface area contributed by atoms with Crippen LogP contribution < -0.4 is 0 Å². The van der Waals surface area contributed by atoms with Crippen LogP contribution in [0.4, 0.5) is 0 Å². The number of ether oxygens (including phenoxy) is 1. The smallest absolute Gasteiger partial charge is 0.0720 e. The third kappa shape index (κ3) is 3.85. The monoisotopic (exact) mass is 232 g/mol. The van der Waals surface area contributed by atoms with Gasteiger partial charge in [0.25, 0.3) is 0 Å². The molecule has 0 bridgehead atoms. The van der Waals surface area contributed by atoms with Gasteiger partial charge in [0.1, 0.15) is 0 Å². The Morgan fingerprint density at radius 3 is 2.65 bits per heavy atom. The van der Waals surface area contributed by atoms with Crippen molar-refractivity contribution in [1.29, 1.82) is 0 Å². The third-order valence-electron chi connectivity index (χ3n) is 3.81. The fourth-order valence-corrected chi connectivity index (χ4v) is 2.87. The second-order valence-electron chi connectivity index (χ2n) is 5.17. The van der Waals surface area contributed by atoms with Crippen LogP contribution >= 0.6 is 0 Å². The summed E-state index contributed by atoms with van der Waals surface area (Å²) < 4.78 is 6.13. The number of benzene rings is 1. The van der Waals surface area contributed by atoms with E-state index in [4.69, 9.17) is 4.74 Å². The zero-order valence-electron chi connectivity index (χ0n) is 10.9. The normalized spacial score (nSPS) is 24.8. The van der Waals surface area contributed by atoms with Crippen LogP contribution in [0.1, 0.15) is 51.0 Å². The maximum absolute atomic E-state index is 6.13. The molecule has 94 valence electrons.